The van der Waals surface area contributed by atoms with Crippen LogP contribution in [0, 0.1) is 0 Å². The molecule has 2 aliphatic rings. The van der Waals surface area contributed by atoms with Crippen LogP contribution in [0.15, 0.2) is 36.4 Å². The van der Waals surface area contributed by atoms with Gasteiger partial charge in [-0.2, -0.15) is 0 Å². The average Bonchev–Trinajstić information content (AvgIpc) is 2.48. The quantitative estimate of drug-likeness (QED) is 0.735. The predicted molar refractivity (Wildman–Crippen MR) is 95.5 cm³/mol. The molecule has 132 valence electrons. The molecule has 0 amide bonds. The molecule has 2 aromatic rings. The molecule has 0 saturated heterocycles. The summed E-state index contributed by atoms with van der Waals surface area (Å²) >= 11 is 0. The van der Waals surface area contributed by atoms with E-state index >= 15 is 0 Å². The van der Waals surface area contributed by atoms with Crippen LogP contribution in [0.1, 0.15) is 51.7 Å². The fourth-order valence-electron chi connectivity index (χ4n) is 4.44. The Hall–Kier alpha value is -2.36. The van der Waals surface area contributed by atoms with Crippen molar-refractivity contribution in [2.75, 3.05) is 0 Å². The third-order valence-electron chi connectivity index (χ3n) is 5.40. The third kappa shape index (κ3) is 2.51. The Labute approximate surface area is 148 Å². The molecule has 4 nitrogen and oxygen atoms in total. The molecule has 0 radical (unpaired) electrons. The van der Waals surface area contributed by atoms with Gasteiger partial charge in [0, 0.05) is 34.8 Å². The largest absolute Gasteiger partial charge is 0.508 e. The Morgan fingerprint density at radius 2 is 1.12 bits per heavy atom. The minimum Gasteiger partial charge on any atom is -0.508 e. The number of benzene rings is 2. The highest BCUT2D eigenvalue weighted by molar-refractivity contribution is 5.49. The molecule has 0 atom stereocenters. The highest BCUT2D eigenvalue weighted by Crippen LogP contribution is 2.54. The molecule has 2 N–H and O–H groups in total. The van der Waals surface area contributed by atoms with E-state index in [9.17, 15) is 10.2 Å². The van der Waals surface area contributed by atoms with Crippen molar-refractivity contribution in [2.45, 2.75) is 57.2 Å². The van der Waals surface area contributed by atoms with Crippen molar-refractivity contribution in [1.29, 1.82) is 0 Å². The van der Waals surface area contributed by atoms with E-state index in [0.717, 1.165) is 22.6 Å². The molecular weight excluding hydrogens is 316 g/mol. The zero-order valence-corrected chi connectivity index (χ0v) is 15.1. The number of rotatable bonds is 0. The van der Waals surface area contributed by atoms with E-state index in [0.29, 0.717) is 12.8 Å². The summed E-state index contributed by atoms with van der Waals surface area (Å²) in [7, 11) is 0. The van der Waals surface area contributed by atoms with Crippen LogP contribution < -0.4 is 9.47 Å². The number of phenolic OH excluding ortho intramolecular Hbond substituents is 2. The van der Waals surface area contributed by atoms with Crippen molar-refractivity contribution in [1.82, 2.24) is 0 Å². The molecule has 25 heavy (non-hydrogen) atoms. The molecule has 2 heterocycles. The summed E-state index contributed by atoms with van der Waals surface area (Å²) in [6, 6.07) is 10.5. The first-order valence-corrected chi connectivity index (χ1v) is 8.65. The van der Waals surface area contributed by atoms with Crippen LogP contribution in [0.4, 0.5) is 0 Å². The van der Waals surface area contributed by atoms with Gasteiger partial charge in [0.25, 0.3) is 5.79 Å². The predicted octanol–water partition coefficient (Wildman–Crippen LogP) is 4.61. The van der Waals surface area contributed by atoms with Crippen molar-refractivity contribution in [2.24, 2.45) is 0 Å². The molecule has 1 spiro atoms. The third-order valence-corrected chi connectivity index (χ3v) is 5.40. The minimum atomic E-state index is -0.763. The van der Waals surface area contributed by atoms with E-state index in [2.05, 4.69) is 27.7 Å². The lowest BCUT2D eigenvalue weighted by Gasteiger charge is -2.51. The molecule has 4 heteroatoms. The number of phenols is 2. The summed E-state index contributed by atoms with van der Waals surface area (Å²) in [6.07, 6.45) is 1.36. The molecule has 4 rings (SSSR count). The lowest BCUT2D eigenvalue weighted by Crippen LogP contribution is -2.55. The van der Waals surface area contributed by atoms with Crippen molar-refractivity contribution in [3.8, 4) is 23.0 Å². The Morgan fingerprint density at radius 3 is 1.52 bits per heavy atom. The van der Waals surface area contributed by atoms with Gasteiger partial charge in [0.05, 0.1) is 0 Å². The van der Waals surface area contributed by atoms with Gasteiger partial charge in [-0.25, -0.2) is 0 Å². The zero-order valence-electron chi connectivity index (χ0n) is 15.1. The van der Waals surface area contributed by atoms with Crippen LogP contribution in [0.25, 0.3) is 0 Å². The molecular formula is C21H24O4. The van der Waals surface area contributed by atoms with Crippen LogP contribution in [0.2, 0.25) is 0 Å². The molecule has 0 fully saturated rings. The second-order valence-electron chi connectivity index (χ2n) is 8.60. The average molecular weight is 340 g/mol. The van der Waals surface area contributed by atoms with Crippen molar-refractivity contribution >= 4 is 0 Å². The fraction of sp³-hybridized carbons (Fsp3) is 0.429. The second-order valence-corrected chi connectivity index (χ2v) is 8.60. The summed E-state index contributed by atoms with van der Waals surface area (Å²) < 4.78 is 12.8. The van der Waals surface area contributed by atoms with Gasteiger partial charge in [0.2, 0.25) is 0 Å². The topological polar surface area (TPSA) is 58.9 Å². The van der Waals surface area contributed by atoms with Crippen molar-refractivity contribution in [3.63, 3.8) is 0 Å². The number of ether oxygens (including phenoxy) is 2. The minimum absolute atomic E-state index is 0.198. The summed E-state index contributed by atoms with van der Waals surface area (Å²) in [5, 5.41) is 19.7. The Kier molecular flexibility index (Phi) is 3.12. The maximum absolute atomic E-state index is 9.85. The first-order chi connectivity index (χ1) is 11.6. The Balaban J connectivity index is 1.82. The van der Waals surface area contributed by atoms with E-state index < -0.39 is 5.79 Å². The van der Waals surface area contributed by atoms with Gasteiger partial charge in [-0.1, -0.05) is 27.7 Å². The second kappa shape index (κ2) is 4.84. The Morgan fingerprint density at radius 1 is 0.720 bits per heavy atom. The number of aromatic hydroxyl groups is 2. The van der Waals surface area contributed by atoms with E-state index in [1.807, 2.05) is 12.1 Å². The first-order valence-electron chi connectivity index (χ1n) is 8.65. The molecule has 0 bridgehead atoms. The van der Waals surface area contributed by atoms with Crippen LogP contribution in [0.3, 0.4) is 0 Å². The summed E-state index contributed by atoms with van der Waals surface area (Å²) in [5.74, 6) is 1.24. The fourth-order valence-corrected chi connectivity index (χ4v) is 4.44. The number of hydrogen-bond acceptors (Lipinski definition) is 4. The normalized spacial score (nSPS) is 21.6. The van der Waals surface area contributed by atoms with Gasteiger partial charge in [-0.05, 0) is 36.4 Å². The monoisotopic (exact) mass is 340 g/mol. The maximum Gasteiger partial charge on any atom is 0.252 e. The number of fused-ring (bicyclic) bond motifs is 2. The lowest BCUT2D eigenvalue weighted by atomic mass is 9.69. The van der Waals surface area contributed by atoms with Gasteiger partial charge in [0.1, 0.15) is 23.0 Å². The van der Waals surface area contributed by atoms with Crippen LogP contribution >= 0.6 is 0 Å². The lowest BCUT2D eigenvalue weighted by molar-refractivity contribution is -0.166. The molecule has 2 aliphatic heterocycles. The zero-order chi connectivity index (χ0) is 18.0. The van der Waals surface area contributed by atoms with Crippen LogP contribution in [-0.2, 0) is 10.8 Å². The molecule has 0 saturated carbocycles. The van der Waals surface area contributed by atoms with E-state index in [1.54, 1.807) is 24.3 Å². The van der Waals surface area contributed by atoms with Gasteiger partial charge < -0.3 is 19.7 Å². The van der Waals surface area contributed by atoms with E-state index in [1.165, 1.54) is 0 Å². The van der Waals surface area contributed by atoms with Crippen LogP contribution in [-0.4, -0.2) is 16.0 Å². The standard InChI is InChI=1S/C21H24O4/c1-19(2)11-21(24-17-7-5-13(22)9-15(17)19)12-20(3,4)16-10-14(23)6-8-18(16)25-21/h5-10,22-23H,11-12H2,1-4H3. The van der Waals surface area contributed by atoms with Crippen molar-refractivity contribution in [3.05, 3.63) is 47.5 Å². The molecule has 2 aromatic carbocycles. The summed E-state index contributed by atoms with van der Waals surface area (Å²) in [5.41, 5.74) is 1.60. The summed E-state index contributed by atoms with van der Waals surface area (Å²) in [6.45, 7) is 8.60. The van der Waals surface area contributed by atoms with Gasteiger partial charge in [0.15, 0.2) is 0 Å². The smallest absolute Gasteiger partial charge is 0.252 e. The molecule has 0 aromatic heterocycles. The number of hydrogen-bond donors (Lipinski definition) is 2. The highest BCUT2D eigenvalue weighted by atomic mass is 16.7. The van der Waals surface area contributed by atoms with Crippen LogP contribution in [0.5, 0.6) is 23.0 Å². The summed E-state index contributed by atoms with van der Waals surface area (Å²) in [4.78, 5) is 0. The van der Waals surface area contributed by atoms with Gasteiger partial charge in [-0.3, -0.25) is 0 Å². The molecule has 0 unspecified atom stereocenters. The van der Waals surface area contributed by atoms with Crippen molar-refractivity contribution < 1.29 is 19.7 Å². The van der Waals surface area contributed by atoms with Gasteiger partial charge in [-0.15, -0.1) is 0 Å². The Bertz CT molecular complexity index is 779. The SMILES string of the molecule is CC1(C)CC2(CC(C)(C)c3cc(O)ccc3O2)Oc2ccc(O)cc21. The first kappa shape index (κ1) is 16.1. The maximum atomic E-state index is 9.85. The van der Waals surface area contributed by atoms with E-state index in [-0.39, 0.29) is 22.3 Å². The molecule has 0 aliphatic carbocycles. The van der Waals surface area contributed by atoms with Gasteiger partial charge >= 0.3 is 0 Å². The highest BCUT2D eigenvalue weighted by Gasteiger charge is 2.53. The van der Waals surface area contributed by atoms with E-state index in [4.69, 9.17) is 9.47 Å².